The number of hydrogen-bond acceptors (Lipinski definition) is 3. The lowest BCUT2D eigenvalue weighted by Gasteiger charge is -2.04. The predicted octanol–water partition coefficient (Wildman–Crippen LogP) is 2.27. The van der Waals surface area contributed by atoms with Crippen molar-refractivity contribution in [1.82, 2.24) is 5.32 Å². The van der Waals surface area contributed by atoms with Crippen LogP contribution in [0.25, 0.3) is 0 Å². The molecule has 0 radical (unpaired) electrons. The first-order valence-corrected chi connectivity index (χ1v) is 5.35. The van der Waals surface area contributed by atoms with Crippen molar-refractivity contribution in [3.8, 4) is 0 Å². The van der Waals surface area contributed by atoms with Gasteiger partial charge in [-0.2, -0.15) is 0 Å². The molecule has 0 atom stereocenters. The number of carbonyl (C=O) groups excluding carboxylic acids is 1. The number of carboxylic acid groups (broad SMARTS) is 1. The fourth-order valence-electron chi connectivity index (χ4n) is 0.922. The molecule has 2 N–H and O–H groups in total. The van der Waals surface area contributed by atoms with Crippen LogP contribution in [0.15, 0.2) is 30.3 Å². The molecule has 0 unspecified atom stereocenters. The smallest absolute Gasteiger partial charge is 0.407 e. The van der Waals surface area contributed by atoms with Gasteiger partial charge in [-0.1, -0.05) is 44.2 Å². The fourth-order valence-corrected chi connectivity index (χ4v) is 0.922. The summed E-state index contributed by atoms with van der Waals surface area (Å²) in [5.74, 6) is -1.10. The van der Waals surface area contributed by atoms with Crippen molar-refractivity contribution in [3.05, 3.63) is 35.9 Å². The van der Waals surface area contributed by atoms with Crippen LogP contribution in [-0.4, -0.2) is 23.7 Å². The lowest BCUT2D eigenvalue weighted by Crippen LogP contribution is -2.29. The van der Waals surface area contributed by atoms with Crippen molar-refractivity contribution >= 4 is 12.1 Å². The quantitative estimate of drug-likeness (QED) is 0.847. The predicted molar refractivity (Wildman–Crippen MR) is 65.7 cm³/mol. The topological polar surface area (TPSA) is 75.6 Å². The maximum absolute atomic E-state index is 10.9. The number of amides is 1. The molecule has 0 spiro atoms. The Kier molecular flexibility index (Phi) is 8.10. The zero-order valence-corrected chi connectivity index (χ0v) is 9.97. The summed E-state index contributed by atoms with van der Waals surface area (Å²) in [6.07, 6.45) is -0.735. The van der Waals surface area contributed by atoms with Crippen LogP contribution >= 0.6 is 0 Å². The lowest BCUT2D eigenvalue weighted by atomic mass is 10.2. The van der Waals surface area contributed by atoms with Crippen molar-refractivity contribution in [2.45, 2.75) is 20.5 Å². The van der Waals surface area contributed by atoms with Crippen molar-refractivity contribution in [2.75, 3.05) is 6.54 Å². The number of ether oxygens (including phenoxy) is 1. The van der Waals surface area contributed by atoms with Crippen LogP contribution in [-0.2, 0) is 16.1 Å². The first kappa shape index (κ1) is 15.0. The molecular formula is C12H19NO4. The highest BCUT2D eigenvalue weighted by Gasteiger charge is 2.04. The van der Waals surface area contributed by atoms with Crippen molar-refractivity contribution in [2.24, 2.45) is 0 Å². The molecule has 0 aromatic heterocycles. The maximum Gasteiger partial charge on any atom is 0.407 e. The van der Waals surface area contributed by atoms with Crippen molar-refractivity contribution in [1.29, 1.82) is 0 Å². The maximum atomic E-state index is 10.9. The van der Waals surface area contributed by atoms with Gasteiger partial charge >= 0.3 is 12.1 Å². The van der Waals surface area contributed by atoms with Gasteiger partial charge in [-0.25, -0.2) is 4.79 Å². The standard InChI is InChI=1S/C10H11NO4.C2H6.H2/c12-9(13)6-11-10(14)15-7-8-4-2-1-3-5-8;1-2;/h1-5H,6-7H2,(H,11,14)(H,12,13);1-2H3;1H. The molecule has 0 aliphatic carbocycles. The lowest BCUT2D eigenvalue weighted by molar-refractivity contribution is -0.135. The second-order valence-electron chi connectivity index (χ2n) is 2.81. The second-order valence-corrected chi connectivity index (χ2v) is 2.81. The molecule has 17 heavy (non-hydrogen) atoms. The third-order valence-corrected chi connectivity index (χ3v) is 1.60. The van der Waals surface area contributed by atoms with Gasteiger partial charge in [0.2, 0.25) is 0 Å². The Morgan fingerprint density at radius 2 is 1.88 bits per heavy atom. The monoisotopic (exact) mass is 241 g/mol. The molecular weight excluding hydrogens is 222 g/mol. The average molecular weight is 241 g/mol. The zero-order valence-electron chi connectivity index (χ0n) is 9.97. The second kappa shape index (κ2) is 9.21. The normalized spacial score (nSPS) is 8.59. The van der Waals surface area contributed by atoms with E-state index in [4.69, 9.17) is 9.84 Å². The first-order chi connectivity index (χ1) is 8.18. The summed E-state index contributed by atoms with van der Waals surface area (Å²) in [5.41, 5.74) is 0.850. The van der Waals surface area contributed by atoms with E-state index in [1.165, 1.54) is 0 Å². The average Bonchev–Trinajstić information content (AvgIpc) is 2.37. The third-order valence-electron chi connectivity index (χ3n) is 1.60. The molecule has 0 saturated carbocycles. The number of nitrogens with one attached hydrogen (secondary N) is 1. The molecule has 5 heteroatoms. The minimum Gasteiger partial charge on any atom is -0.480 e. The summed E-state index contributed by atoms with van der Waals surface area (Å²) >= 11 is 0. The number of carbonyl (C=O) groups is 2. The van der Waals surface area contributed by atoms with Crippen LogP contribution in [0, 0.1) is 0 Å². The van der Waals surface area contributed by atoms with Gasteiger partial charge in [0.05, 0.1) is 0 Å². The van der Waals surface area contributed by atoms with Gasteiger partial charge in [0.15, 0.2) is 0 Å². The Morgan fingerprint density at radius 3 is 2.41 bits per heavy atom. The summed E-state index contributed by atoms with van der Waals surface area (Å²) in [6, 6.07) is 9.13. The molecule has 1 rings (SSSR count). The van der Waals surface area contributed by atoms with E-state index < -0.39 is 18.6 Å². The largest absolute Gasteiger partial charge is 0.480 e. The molecule has 0 aliphatic rings. The van der Waals surface area contributed by atoms with Gasteiger partial charge in [-0.05, 0) is 5.56 Å². The van der Waals surface area contributed by atoms with E-state index in [0.29, 0.717) is 0 Å². The Hall–Kier alpha value is -2.04. The SMILES string of the molecule is CC.O=C(O)CNC(=O)OCc1ccccc1.[HH]. The molecule has 1 aromatic carbocycles. The van der Waals surface area contributed by atoms with Crippen LogP contribution in [0.3, 0.4) is 0 Å². The van der Waals surface area contributed by atoms with Crippen LogP contribution in [0.4, 0.5) is 4.79 Å². The molecule has 5 nitrogen and oxygen atoms in total. The van der Waals surface area contributed by atoms with E-state index in [1.807, 2.05) is 44.2 Å². The number of alkyl carbamates (subject to hydrolysis) is 1. The van der Waals surface area contributed by atoms with Gasteiger partial charge in [-0.3, -0.25) is 4.79 Å². The van der Waals surface area contributed by atoms with Gasteiger partial charge in [-0.15, -0.1) is 0 Å². The molecule has 0 heterocycles. The zero-order chi connectivity index (χ0) is 13.1. The Bertz CT molecular complexity index is 343. The van der Waals surface area contributed by atoms with Crippen LogP contribution in [0.5, 0.6) is 0 Å². The van der Waals surface area contributed by atoms with Crippen LogP contribution in [0.2, 0.25) is 0 Å². The molecule has 1 amide bonds. The minimum absolute atomic E-state index is 0. The van der Waals surface area contributed by atoms with E-state index in [0.717, 1.165) is 5.56 Å². The molecule has 96 valence electrons. The summed E-state index contributed by atoms with van der Waals surface area (Å²) in [6.45, 7) is 3.69. The third kappa shape index (κ3) is 7.84. The molecule has 1 aromatic rings. The van der Waals surface area contributed by atoms with E-state index in [2.05, 4.69) is 5.32 Å². The number of rotatable bonds is 4. The van der Waals surface area contributed by atoms with Gasteiger partial charge in [0.1, 0.15) is 13.2 Å². The molecule has 0 saturated heterocycles. The highest BCUT2D eigenvalue weighted by atomic mass is 16.5. The van der Waals surface area contributed by atoms with Gasteiger partial charge in [0.25, 0.3) is 0 Å². The van der Waals surface area contributed by atoms with E-state index >= 15 is 0 Å². The number of aliphatic carboxylic acids is 1. The Balaban J connectivity index is 0. The van der Waals surface area contributed by atoms with E-state index in [1.54, 1.807) is 0 Å². The van der Waals surface area contributed by atoms with Crippen molar-refractivity contribution in [3.63, 3.8) is 0 Å². The Labute approximate surface area is 102 Å². The van der Waals surface area contributed by atoms with Crippen molar-refractivity contribution < 1.29 is 20.9 Å². The first-order valence-electron chi connectivity index (χ1n) is 5.35. The fraction of sp³-hybridized carbons (Fsp3) is 0.333. The van der Waals surface area contributed by atoms with Crippen LogP contribution < -0.4 is 5.32 Å². The van der Waals surface area contributed by atoms with E-state index in [-0.39, 0.29) is 8.03 Å². The highest BCUT2D eigenvalue weighted by Crippen LogP contribution is 2.00. The summed E-state index contributed by atoms with van der Waals surface area (Å²) in [4.78, 5) is 21.0. The molecule has 0 bridgehead atoms. The summed E-state index contributed by atoms with van der Waals surface area (Å²) in [7, 11) is 0. The van der Waals surface area contributed by atoms with Gasteiger partial charge in [0, 0.05) is 1.43 Å². The molecule has 0 fully saturated rings. The highest BCUT2D eigenvalue weighted by molar-refractivity contribution is 5.76. The number of hydrogen-bond donors (Lipinski definition) is 2. The number of carboxylic acids is 1. The summed E-state index contributed by atoms with van der Waals surface area (Å²) in [5, 5.41) is 10.4. The minimum atomic E-state index is -1.10. The van der Waals surface area contributed by atoms with Gasteiger partial charge < -0.3 is 15.2 Å². The molecule has 0 aliphatic heterocycles. The van der Waals surface area contributed by atoms with Crippen LogP contribution in [0.1, 0.15) is 20.8 Å². The van der Waals surface area contributed by atoms with E-state index in [9.17, 15) is 9.59 Å². The Morgan fingerprint density at radius 1 is 1.29 bits per heavy atom. The summed E-state index contributed by atoms with van der Waals surface area (Å²) < 4.78 is 4.77. The number of benzene rings is 1.